The molecule has 0 aliphatic rings. The lowest BCUT2D eigenvalue weighted by Crippen LogP contribution is -2.28. The van der Waals surface area contributed by atoms with Gasteiger partial charge in [0.2, 0.25) is 0 Å². The minimum absolute atomic E-state index is 0.164. The summed E-state index contributed by atoms with van der Waals surface area (Å²) in [4.78, 5) is 20.4. The van der Waals surface area contributed by atoms with Gasteiger partial charge in [-0.1, -0.05) is 6.07 Å². The van der Waals surface area contributed by atoms with Gasteiger partial charge in [0.05, 0.1) is 12.3 Å². The van der Waals surface area contributed by atoms with Crippen LogP contribution in [-0.4, -0.2) is 27.5 Å². The molecule has 0 saturated heterocycles. The second-order valence-corrected chi connectivity index (χ2v) is 5.86. The topological polar surface area (TPSA) is 87.1 Å². The summed E-state index contributed by atoms with van der Waals surface area (Å²) in [5.41, 5.74) is 2.04. The zero-order valence-electron chi connectivity index (χ0n) is 12.7. The minimum Gasteiger partial charge on any atom is -0.387 e. The number of carbonyl (C=O) groups excluding carboxylic acids is 1. The van der Waals surface area contributed by atoms with E-state index in [9.17, 15) is 9.90 Å². The smallest absolute Gasteiger partial charge is 0.251 e. The Morgan fingerprint density at radius 1 is 1.29 bits per heavy atom. The highest BCUT2D eigenvalue weighted by Crippen LogP contribution is 2.17. The van der Waals surface area contributed by atoms with E-state index >= 15 is 0 Å². The van der Waals surface area contributed by atoms with E-state index in [1.807, 2.05) is 22.9 Å². The average Bonchev–Trinajstić information content (AvgIpc) is 3.15. The number of anilines is 2. The summed E-state index contributed by atoms with van der Waals surface area (Å²) in [6, 6.07) is 8.90. The van der Waals surface area contributed by atoms with E-state index in [-0.39, 0.29) is 12.5 Å². The van der Waals surface area contributed by atoms with Crippen LogP contribution in [0.15, 0.2) is 59.7 Å². The molecule has 0 bridgehead atoms. The Labute approximate surface area is 143 Å². The van der Waals surface area contributed by atoms with Crippen LogP contribution < -0.4 is 10.6 Å². The van der Waals surface area contributed by atoms with Crippen molar-refractivity contribution in [1.82, 2.24) is 15.3 Å². The summed E-state index contributed by atoms with van der Waals surface area (Å²) in [5.74, 6) is 0.356. The molecule has 1 amide bonds. The zero-order chi connectivity index (χ0) is 16.8. The van der Waals surface area contributed by atoms with Crippen LogP contribution in [0.5, 0.6) is 0 Å². The number of thiophene rings is 1. The van der Waals surface area contributed by atoms with Crippen LogP contribution in [0.3, 0.4) is 0 Å². The molecular formula is C17H16N4O2S. The van der Waals surface area contributed by atoms with Gasteiger partial charge in [-0.2, -0.15) is 11.3 Å². The number of benzene rings is 1. The molecule has 0 fully saturated rings. The van der Waals surface area contributed by atoms with E-state index in [0.29, 0.717) is 11.4 Å². The molecular weight excluding hydrogens is 324 g/mol. The van der Waals surface area contributed by atoms with Crippen LogP contribution >= 0.6 is 11.3 Å². The molecule has 122 valence electrons. The van der Waals surface area contributed by atoms with Gasteiger partial charge in [-0.05, 0) is 40.6 Å². The monoisotopic (exact) mass is 340 g/mol. The molecule has 3 aromatic rings. The van der Waals surface area contributed by atoms with Crippen molar-refractivity contribution in [3.63, 3.8) is 0 Å². The molecule has 0 saturated carbocycles. The number of carbonyl (C=O) groups is 1. The Morgan fingerprint density at radius 2 is 2.21 bits per heavy atom. The fourth-order valence-electron chi connectivity index (χ4n) is 2.12. The Bertz CT molecular complexity index is 793. The van der Waals surface area contributed by atoms with Crippen molar-refractivity contribution in [2.75, 3.05) is 11.9 Å². The lowest BCUT2D eigenvalue weighted by Gasteiger charge is -2.11. The van der Waals surface area contributed by atoms with Crippen molar-refractivity contribution in [3.05, 3.63) is 70.8 Å². The maximum absolute atomic E-state index is 12.2. The molecule has 0 aliphatic heterocycles. The lowest BCUT2D eigenvalue weighted by atomic mass is 10.1. The Hall–Kier alpha value is -2.77. The van der Waals surface area contributed by atoms with Crippen molar-refractivity contribution in [2.45, 2.75) is 6.10 Å². The van der Waals surface area contributed by atoms with Gasteiger partial charge < -0.3 is 15.7 Å². The average molecular weight is 340 g/mol. The maximum atomic E-state index is 12.2. The largest absolute Gasteiger partial charge is 0.387 e. The van der Waals surface area contributed by atoms with Gasteiger partial charge >= 0.3 is 0 Å². The molecule has 1 atom stereocenters. The quantitative estimate of drug-likeness (QED) is 0.642. The molecule has 3 rings (SSSR count). The summed E-state index contributed by atoms with van der Waals surface area (Å²) in [5, 5.41) is 19.6. The maximum Gasteiger partial charge on any atom is 0.251 e. The second-order valence-electron chi connectivity index (χ2n) is 5.08. The van der Waals surface area contributed by atoms with Gasteiger partial charge in [-0.3, -0.25) is 9.78 Å². The van der Waals surface area contributed by atoms with Crippen LogP contribution in [0.2, 0.25) is 0 Å². The van der Waals surface area contributed by atoms with Gasteiger partial charge in [0, 0.05) is 30.2 Å². The SMILES string of the molecule is O=C(NCC(O)c1ccsc1)c1cccc(Nc2cnccn2)c1. The van der Waals surface area contributed by atoms with Crippen molar-refractivity contribution < 1.29 is 9.90 Å². The number of rotatable bonds is 6. The fourth-order valence-corrected chi connectivity index (χ4v) is 2.83. The van der Waals surface area contributed by atoms with Crippen LogP contribution in [0.1, 0.15) is 22.0 Å². The first-order valence-corrected chi connectivity index (χ1v) is 8.28. The van der Waals surface area contributed by atoms with Crippen molar-refractivity contribution in [3.8, 4) is 0 Å². The number of aromatic nitrogens is 2. The number of amides is 1. The molecule has 2 heterocycles. The number of aliphatic hydroxyl groups is 1. The minimum atomic E-state index is -0.707. The second kappa shape index (κ2) is 7.67. The Balaban J connectivity index is 1.62. The van der Waals surface area contributed by atoms with Crippen LogP contribution in [0, 0.1) is 0 Å². The first-order valence-electron chi connectivity index (χ1n) is 7.34. The summed E-state index contributed by atoms with van der Waals surface area (Å²) in [6.45, 7) is 0.164. The predicted octanol–water partition coefficient (Wildman–Crippen LogP) is 2.75. The molecule has 2 aromatic heterocycles. The summed E-state index contributed by atoms with van der Waals surface area (Å²) >= 11 is 1.51. The van der Waals surface area contributed by atoms with Crippen LogP contribution in [0.25, 0.3) is 0 Å². The molecule has 0 radical (unpaired) electrons. The van der Waals surface area contributed by atoms with Crippen LogP contribution in [0.4, 0.5) is 11.5 Å². The molecule has 7 heteroatoms. The van der Waals surface area contributed by atoms with Crippen molar-refractivity contribution >= 4 is 28.7 Å². The number of nitrogens with one attached hydrogen (secondary N) is 2. The van der Waals surface area contributed by atoms with E-state index < -0.39 is 6.10 Å². The zero-order valence-corrected chi connectivity index (χ0v) is 13.5. The third kappa shape index (κ3) is 4.15. The third-order valence-electron chi connectivity index (χ3n) is 3.34. The molecule has 1 aromatic carbocycles. The third-order valence-corrected chi connectivity index (χ3v) is 4.05. The number of nitrogens with zero attached hydrogens (tertiary/aromatic N) is 2. The number of aliphatic hydroxyl groups excluding tert-OH is 1. The van der Waals surface area contributed by atoms with E-state index in [1.54, 1.807) is 36.8 Å². The highest BCUT2D eigenvalue weighted by molar-refractivity contribution is 7.07. The number of hydrogen-bond acceptors (Lipinski definition) is 6. The van der Waals surface area contributed by atoms with Gasteiger partial charge in [0.15, 0.2) is 0 Å². The molecule has 6 nitrogen and oxygen atoms in total. The molecule has 24 heavy (non-hydrogen) atoms. The van der Waals surface area contributed by atoms with E-state index in [4.69, 9.17) is 0 Å². The van der Waals surface area contributed by atoms with Gasteiger partial charge in [0.1, 0.15) is 5.82 Å². The van der Waals surface area contributed by atoms with E-state index in [0.717, 1.165) is 11.3 Å². The lowest BCUT2D eigenvalue weighted by molar-refractivity contribution is 0.0916. The predicted molar refractivity (Wildman–Crippen MR) is 93.4 cm³/mol. The van der Waals surface area contributed by atoms with Crippen molar-refractivity contribution in [1.29, 1.82) is 0 Å². The molecule has 1 unspecified atom stereocenters. The Kier molecular flexibility index (Phi) is 5.15. The van der Waals surface area contributed by atoms with Crippen molar-refractivity contribution in [2.24, 2.45) is 0 Å². The first kappa shape index (κ1) is 16.1. The standard InChI is InChI=1S/C17H16N4O2S/c22-15(13-4-7-24-11-13)9-20-17(23)12-2-1-3-14(8-12)21-16-10-18-5-6-19-16/h1-8,10-11,15,22H,9H2,(H,19,21)(H,20,23). The Morgan fingerprint density at radius 3 is 2.96 bits per heavy atom. The normalized spacial score (nSPS) is 11.7. The van der Waals surface area contributed by atoms with E-state index in [2.05, 4.69) is 20.6 Å². The van der Waals surface area contributed by atoms with Gasteiger partial charge in [0.25, 0.3) is 5.91 Å². The van der Waals surface area contributed by atoms with E-state index in [1.165, 1.54) is 11.3 Å². The molecule has 0 spiro atoms. The summed E-state index contributed by atoms with van der Waals surface area (Å²) in [7, 11) is 0. The summed E-state index contributed by atoms with van der Waals surface area (Å²) in [6.07, 6.45) is 4.07. The fraction of sp³-hybridized carbons (Fsp3) is 0.118. The molecule has 0 aliphatic carbocycles. The molecule has 3 N–H and O–H groups in total. The number of hydrogen-bond donors (Lipinski definition) is 3. The first-order chi connectivity index (χ1) is 11.7. The van der Waals surface area contributed by atoms with Crippen LogP contribution in [-0.2, 0) is 0 Å². The summed E-state index contributed by atoms with van der Waals surface area (Å²) < 4.78 is 0. The highest BCUT2D eigenvalue weighted by atomic mass is 32.1. The van der Waals surface area contributed by atoms with Gasteiger partial charge in [-0.15, -0.1) is 0 Å². The highest BCUT2D eigenvalue weighted by Gasteiger charge is 2.11. The van der Waals surface area contributed by atoms with Gasteiger partial charge in [-0.25, -0.2) is 4.98 Å².